The van der Waals surface area contributed by atoms with Gasteiger partial charge >= 0.3 is 6.18 Å². The molecule has 3 atom stereocenters. The average Bonchev–Trinajstić information content (AvgIpc) is 2.72. The van der Waals surface area contributed by atoms with Crippen LogP contribution in [0.25, 0.3) is 0 Å². The number of rotatable bonds is 3. The lowest BCUT2D eigenvalue weighted by atomic mass is 9.75. The Morgan fingerprint density at radius 2 is 1.79 bits per heavy atom. The fourth-order valence-electron chi connectivity index (χ4n) is 4.74. The van der Waals surface area contributed by atoms with Crippen molar-refractivity contribution in [3.05, 3.63) is 51.2 Å². The fraction of sp³-hybridized carbons (Fsp3) is 0.600. The quantitative estimate of drug-likeness (QED) is 0.557. The Kier molecular flexibility index (Phi) is 5.42. The molecule has 1 aliphatic carbocycles. The van der Waals surface area contributed by atoms with Gasteiger partial charge in [-0.3, -0.25) is 10.1 Å². The van der Waals surface area contributed by atoms with Crippen LogP contribution in [0, 0.1) is 10.1 Å². The number of morpholine rings is 1. The van der Waals surface area contributed by atoms with Gasteiger partial charge in [0.2, 0.25) is 0 Å². The molecule has 1 aromatic rings. The number of nitrogens with zero attached hydrogens (tertiary/aromatic N) is 2. The molecular formula is C20H23F3N2O4. The Hall–Kier alpha value is -2.29. The largest absolute Gasteiger partial charge is 0.473 e. The molecule has 29 heavy (non-hydrogen) atoms. The summed E-state index contributed by atoms with van der Waals surface area (Å²) in [5.41, 5.74) is 2.18. The van der Waals surface area contributed by atoms with Crippen LogP contribution in [-0.4, -0.2) is 54.4 Å². The standard InChI is InChI=1S/C20H23F3N2O4/c21-20(22,23)19-18(25(26)27)17(14-6-2-4-8-16(14)29-19)13-5-1-3-7-15(13)24-9-11-28-12-10-24/h2,4,6,8,17-19H,1,3,5,7,9-12H2/t17-,18-,19+/m0/s1. The normalized spacial score (nSPS) is 28.0. The van der Waals surface area contributed by atoms with Gasteiger partial charge in [0.25, 0.3) is 12.1 Å². The maximum atomic E-state index is 13.8. The topological polar surface area (TPSA) is 64.8 Å². The molecule has 3 aliphatic rings. The van der Waals surface area contributed by atoms with Gasteiger partial charge in [-0.1, -0.05) is 18.2 Å². The lowest BCUT2D eigenvalue weighted by Crippen LogP contribution is -2.54. The van der Waals surface area contributed by atoms with Crippen molar-refractivity contribution in [2.24, 2.45) is 0 Å². The van der Waals surface area contributed by atoms with Gasteiger partial charge < -0.3 is 14.4 Å². The number of nitro groups is 1. The fourth-order valence-corrected chi connectivity index (χ4v) is 4.74. The molecule has 158 valence electrons. The van der Waals surface area contributed by atoms with E-state index in [1.165, 1.54) is 6.07 Å². The van der Waals surface area contributed by atoms with Crippen molar-refractivity contribution in [2.75, 3.05) is 26.3 Å². The third-order valence-electron chi connectivity index (χ3n) is 5.97. The van der Waals surface area contributed by atoms with Crippen molar-refractivity contribution in [3.63, 3.8) is 0 Å². The number of hydrogen-bond acceptors (Lipinski definition) is 5. The Morgan fingerprint density at radius 3 is 2.48 bits per heavy atom. The maximum absolute atomic E-state index is 13.8. The van der Waals surface area contributed by atoms with Gasteiger partial charge in [-0.2, -0.15) is 13.2 Å². The van der Waals surface area contributed by atoms with E-state index >= 15 is 0 Å². The summed E-state index contributed by atoms with van der Waals surface area (Å²) in [7, 11) is 0. The minimum atomic E-state index is -4.84. The van der Waals surface area contributed by atoms with Gasteiger partial charge in [0.05, 0.1) is 19.1 Å². The number of halogens is 3. The first-order valence-corrected chi connectivity index (χ1v) is 9.88. The minimum Gasteiger partial charge on any atom is -0.473 e. The molecule has 4 rings (SSSR count). The van der Waals surface area contributed by atoms with Gasteiger partial charge in [0.1, 0.15) is 5.75 Å². The first-order chi connectivity index (χ1) is 13.9. The molecule has 6 nitrogen and oxygen atoms in total. The highest BCUT2D eigenvalue weighted by Gasteiger charge is 2.60. The summed E-state index contributed by atoms with van der Waals surface area (Å²) in [5, 5.41) is 11.9. The SMILES string of the molecule is O=[N+]([O-])[C@@H]1[C@H](C(F)(F)F)Oc2ccccc2[C@@H]1C1=C(N2CCOCC2)CCCC1. The van der Waals surface area contributed by atoms with E-state index < -0.39 is 29.2 Å². The number of benzene rings is 1. The predicted molar refractivity (Wildman–Crippen MR) is 98.3 cm³/mol. The van der Waals surface area contributed by atoms with Crippen LogP contribution >= 0.6 is 0 Å². The Balaban J connectivity index is 1.87. The van der Waals surface area contributed by atoms with Crippen LogP contribution in [0.3, 0.4) is 0 Å². The first kappa shape index (κ1) is 20.0. The second-order valence-corrected chi connectivity index (χ2v) is 7.65. The highest BCUT2D eigenvalue weighted by molar-refractivity contribution is 5.46. The van der Waals surface area contributed by atoms with Crippen molar-refractivity contribution in [2.45, 2.75) is 49.9 Å². The molecule has 1 aromatic carbocycles. The van der Waals surface area contributed by atoms with Crippen molar-refractivity contribution in [1.82, 2.24) is 4.90 Å². The Bertz CT molecular complexity index is 805. The molecule has 1 fully saturated rings. The number of alkyl halides is 3. The molecule has 1 saturated heterocycles. The van der Waals surface area contributed by atoms with Crippen molar-refractivity contribution in [3.8, 4) is 5.75 Å². The zero-order valence-electron chi connectivity index (χ0n) is 15.9. The van der Waals surface area contributed by atoms with Crippen LogP contribution in [0.1, 0.15) is 37.2 Å². The highest BCUT2D eigenvalue weighted by Crippen LogP contribution is 2.49. The van der Waals surface area contributed by atoms with Crippen LogP contribution in [0.5, 0.6) is 5.75 Å². The lowest BCUT2D eigenvalue weighted by molar-refractivity contribution is -0.547. The zero-order chi connectivity index (χ0) is 20.6. The van der Waals surface area contributed by atoms with Gasteiger partial charge in [-0.15, -0.1) is 0 Å². The average molecular weight is 412 g/mol. The summed E-state index contributed by atoms with van der Waals surface area (Å²) in [6.45, 7) is 2.39. The van der Waals surface area contributed by atoms with Gasteiger partial charge in [-0.25, -0.2) is 0 Å². The Labute approximate surface area is 166 Å². The summed E-state index contributed by atoms with van der Waals surface area (Å²) in [6, 6.07) is 4.50. The van der Waals surface area contributed by atoms with Crippen LogP contribution in [0.2, 0.25) is 0 Å². The van der Waals surface area contributed by atoms with Crippen LogP contribution in [-0.2, 0) is 4.74 Å². The van der Waals surface area contributed by atoms with Crippen molar-refractivity contribution in [1.29, 1.82) is 0 Å². The van der Waals surface area contributed by atoms with Gasteiger partial charge in [0, 0.05) is 29.3 Å². The highest BCUT2D eigenvalue weighted by atomic mass is 19.4. The van der Waals surface area contributed by atoms with E-state index in [4.69, 9.17) is 9.47 Å². The number of hydrogen-bond donors (Lipinski definition) is 0. The van der Waals surface area contributed by atoms with Crippen molar-refractivity contribution < 1.29 is 27.6 Å². The third kappa shape index (κ3) is 3.80. The summed E-state index contributed by atoms with van der Waals surface area (Å²) < 4.78 is 51.9. The number of allylic oxidation sites excluding steroid dienone is 1. The molecule has 2 aliphatic heterocycles. The zero-order valence-corrected chi connectivity index (χ0v) is 15.9. The maximum Gasteiger partial charge on any atom is 0.432 e. The van der Waals surface area contributed by atoms with E-state index in [2.05, 4.69) is 4.90 Å². The molecule has 0 aromatic heterocycles. The Morgan fingerprint density at radius 1 is 1.10 bits per heavy atom. The number of para-hydroxylation sites is 1. The second-order valence-electron chi connectivity index (χ2n) is 7.65. The molecule has 0 N–H and O–H groups in total. The van der Waals surface area contributed by atoms with Crippen molar-refractivity contribution >= 4 is 0 Å². The molecule has 2 heterocycles. The van der Waals surface area contributed by atoms with Crippen LogP contribution in [0.4, 0.5) is 13.2 Å². The van der Waals surface area contributed by atoms with Gasteiger partial charge in [0.15, 0.2) is 0 Å². The van der Waals surface area contributed by atoms with E-state index in [0.29, 0.717) is 38.3 Å². The molecule has 0 radical (unpaired) electrons. The third-order valence-corrected chi connectivity index (χ3v) is 5.97. The molecule has 0 spiro atoms. The summed E-state index contributed by atoms with van der Waals surface area (Å²) in [4.78, 5) is 13.3. The van der Waals surface area contributed by atoms with Gasteiger partial charge in [-0.05, 0) is 37.3 Å². The summed E-state index contributed by atoms with van der Waals surface area (Å²) in [6.07, 6.45) is -4.30. The van der Waals surface area contributed by atoms with E-state index in [1.54, 1.807) is 18.2 Å². The second kappa shape index (κ2) is 7.85. The minimum absolute atomic E-state index is 0.0809. The summed E-state index contributed by atoms with van der Waals surface area (Å²) >= 11 is 0. The lowest BCUT2D eigenvalue weighted by Gasteiger charge is -2.41. The van der Waals surface area contributed by atoms with E-state index in [9.17, 15) is 23.3 Å². The van der Waals surface area contributed by atoms with Crippen LogP contribution in [0.15, 0.2) is 35.5 Å². The number of fused-ring (bicyclic) bond motifs is 1. The van der Waals surface area contributed by atoms with E-state index in [0.717, 1.165) is 30.5 Å². The number of ether oxygens (including phenoxy) is 2. The molecule has 0 amide bonds. The molecule has 9 heteroatoms. The first-order valence-electron chi connectivity index (χ1n) is 9.88. The predicted octanol–water partition coefficient (Wildman–Crippen LogP) is 3.90. The molecular weight excluding hydrogens is 389 g/mol. The monoisotopic (exact) mass is 412 g/mol. The molecule has 0 saturated carbocycles. The smallest absolute Gasteiger partial charge is 0.432 e. The summed E-state index contributed by atoms with van der Waals surface area (Å²) in [5.74, 6) is -0.878. The van der Waals surface area contributed by atoms with E-state index in [1.807, 2.05) is 0 Å². The van der Waals surface area contributed by atoms with Crippen LogP contribution < -0.4 is 4.74 Å². The van der Waals surface area contributed by atoms with E-state index in [-0.39, 0.29) is 5.75 Å². The molecule has 0 bridgehead atoms. The molecule has 0 unspecified atom stereocenters.